The minimum Gasteiger partial charge on any atom is -0.494 e. The third kappa shape index (κ3) is 4.49. The van der Waals surface area contributed by atoms with Crippen molar-refractivity contribution < 1.29 is 14.6 Å². The lowest BCUT2D eigenvalue weighted by atomic mass is 9.79. The van der Waals surface area contributed by atoms with Crippen LogP contribution in [0.1, 0.15) is 44.7 Å². The van der Waals surface area contributed by atoms with Crippen molar-refractivity contribution in [1.29, 1.82) is 0 Å². The summed E-state index contributed by atoms with van der Waals surface area (Å²) in [5.74, 6) is 1.57. The zero-order valence-corrected chi connectivity index (χ0v) is 14.4. The molecule has 0 atom stereocenters. The van der Waals surface area contributed by atoms with Crippen LogP contribution in [0.3, 0.4) is 0 Å². The van der Waals surface area contributed by atoms with Gasteiger partial charge in [-0.3, -0.25) is 0 Å². The Labute approximate surface area is 138 Å². The van der Waals surface area contributed by atoms with Gasteiger partial charge in [-0.15, -0.1) is 0 Å². The molecular weight excluding hydrogens is 288 g/mol. The Morgan fingerprint density at radius 1 is 0.783 bits per heavy atom. The smallest absolute Gasteiger partial charge is 0.119 e. The SMILES string of the molecule is CCOc1ccc(C(c2ccc(OCC)cc2)C(C)(C)O)cc1. The van der Waals surface area contributed by atoms with Crippen molar-refractivity contribution >= 4 is 0 Å². The van der Waals surface area contributed by atoms with Crippen molar-refractivity contribution in [2.45, 2.75) is 39.2 Å². The molecule has 0 fully saturated rings. The molecule has 124 valence electrons. The summed E-state index contributed by atoms with van der Waals surface area (Å²) in [5.41, 5.74) is 1.25. The number of hydrogen-bond acceptors (Lipinski definition) is 3. The molecule has 2 rings (SSSR count). The van der Waals surface area contributed by atoms with Gasteiger partial charge in [-0.1, -0.05) is 24.3 Å². The van der Waals surface area contributed by atoms with E-state index in [0.29, 0.717) is 13.2 Å². The Morgan fingerprint density at radius 3 is 1.39 bits per heavy atom. The summed E-state index contributed by atoms with van der Waals surface area (Å²) in [4.78, 5) is 0. The molecule has 0 aromatic heterocycles. The van der Waals surface area contributed by atoms with Gasteiger partial charge in [0.2, 0.25) is 0 Å². The van der Waals surface area contributed by atoms with Gasteiger partial charge in [0.25, 0.3) is 0 Å². The maximum Gasteiger partial charge on any atom is 0.119 e. The Bertz CT molecular complexity index is 545. The van der Waals surface area contributed by atoms with Crippen LogP contribution in [0.4, 0.5) is 0 Å². The fourth-order valence-corrected chi connectivity index (χ4v) is 2.85. The van der Waals surface area contributed by atoms with Crippen LogP contribution in [0.5, 0.6) is 11.5 Å². The Balaban J connectivity index is 2.33. The predicted octanol–water partition coefficient (Wildman–Crippen LogP) is 4.39. The van der Waals surface area contributed by atoms with E-state index < -0.39 is 5.60 Å². The minimum atomic E-state index is -0.875. The fraction of sp³-hybridized carbons (Fsp3) is 0.400. The van der Waals surface area contributed by atoms with E-state index in [0.717, 1.165) is 22.6 Å². The van der Waals surface area contributed by atoms with E-state index in [1.807, 2.05) is 76.2 Å². The van der Waals surface area contributed by atoms with Crippen LogP contribution in [0.15, 0.2) is 48.5 Å². The molecule has 23 heavy (non-hydrogen) atoms. The zero-order chi connectivity index (χ0) is 16.9. The fourth-order valence-electron chi connectivity index (χ4n) is 2.85. The summed E-state index contributed by atoms with van der Waals surface area (Å²) >= 11 is 0. The van der Waals surface area contributed by atoms with Crippen molar-refractivity contribution in [3.8, 4) is 11.5 Å². The second kappa shape index (κ2) is 7.51. The van der Waals surface area contributed by atoms with Gasteiger partial charge in [0.05, 0.1) is 18.8 Å². The van der Waals surface area contributed by atoms with Gasteiger partial charge in [-0.25, -0.2) is 0 Å². The molecule has 0 unspecified atom stereocenters. The lowest BCUT2D eigenvalue weighted by Crippen LogP contribution is -2.29. The summed E-state index contributed by atoms with van der Waals surface area (Å²) in [6.07, 6.45) is 0. The highest BCUT2D eigenvalue weighted by Crippen LogP contribution is 2.36. The molecule has 0 aliphatic rings. The quantitative estimate of drug-likeness (QED) is 0.824. The first-order valence-corrected chi connectivity index (χ1v) is 8.13. The van der Waals surface area contributed by atoms with Crippen molar-refractivity contribution in [3.63, 3.8) is 0 Å². The van der Waals surface area contributed by atoms with Crippen LogP contribution in [0.25, 0.3) is 0 Å². The summed E-state index contributed by atoms with van der Waals surface area (Å²) in [6.45, 7) is 8.90. The van der Waals surface area contributed by atoms with Gasteiger partial charge in [-0.05, 0) is 63.1 Å². The van der Waals surface area contributed by atoms with Crippen LogP contribution in [-0.4, -0.2) is 23.9 Å². The topological polar surface area (TPSA) is 38.7 Å². The molecule has 3 heteroatoms. The molecule has 3 nitrogen and oxygen atoms in total. The summed E-state index contributed by atoms with van der Waals surface area (Å²) in [7, 11) is 0. The first kappa shape index (κ1) is 17.4. The molecule has 2 aromatic carbocycles. The highest BCUT2D eigenvalue weighted by molar-refractivity contribution is 5.40. The molecule has 0 aliphatic carbocycles. The van der Waals surface area contributed by atoms with Gasteiger partial charge in [0.15, 0.2) is 0 Å². The molecule has 0 spiro atoms. The number of rotatable bonds is 7. The van der Waals surface area contributed by atoms with Gasteiger partial charge in [0.1, 0.15) is 11.5 Å². The summed E-state index contributed by atoms with van der Waals surface area (Å²) in [6, 6.07) is 15.9. The highest BCUT2D eigenvalue weighted by atomic mass is 16.5. The van der Waals surface area contributed by atoms with Crippen LogP contribution in [-0.2, 0) is 0 Å². The van der Waals surface area contributed by atoms with Crippen molar-refractivity contribution in [2.24, 2.45) is 0 Å². The van der Waals surface area contributed by atoms with Crippen LogP contribution >= 0.6 is 0 Å². The van der Waals surface area contributed by atoms with Crippen LogP contribution in [0, 0.1) is 0 Å². The van der Waals surface area contributed by atoms with E-state index in [1.54, 1.807) is 0 Å². The van der Waals surface area contributed by atoms with Gasteiger partial charge in [0, 0.05) is 5.92 Å². The largest absolute Gasteiger partial charge is 0.494 e. The number of hydrogen-bond donors (Lipinski definition) is 1. The molecule has 0 heterocycles. The Kier molecular flexibility index (Phi) is 5.67. The Hall–Kier alpha value is -2.00. The van der Waals surface area contributed by atoms with E-state index in [-0.39, 0.29) is 5.92 Å². The van der Waals surface area contributed by atoms with Crippen LogP contribution < -0.4 is 9.47 Å². The zero-order valence-electron chi connectivity index (χ0n) is 14.4. The minimum absolute atomic E-state index is 0.117. The molecule has 0 amide bonds. The lowest BCUT2D eigenvalue weighted by Gasteiger charge is -2.30. The molecular formula is C20H26O3. The second-order valence-corrected chi connectivity index (χ2v) is 6.09. The predicted molar refractivity (Wildman–Crippen MR) is 93.4 cm³/mol. The molecule has 1 N–H and O–H groups in total. The first-order chi connectivity index (χ1) is 11.0. The molecule has 0 saturated carbocycles. The standard InChI is InChI=1S/C20H26O3/c1-5-22-17-11-7-15(8-12-17)19(20(3,4)21)16-9-13-18(14-10-16)23-6-2/h7-14,19,21H,5-6H2,1-4H3. The van der Waals surface area contributed by atoms with Crippen LogP contribution in [0.2, 0.25) is 0 Å². The third-order valence-corrected chi connectivity index (χ3v) is 3.76. The summed E-state index contributed by atoms with van der Waals surface area (Å²) in [5, 5.41) is 10.7. The number of aliphatic hydroxyl groups is 1. The van der Waals surface area contributed by atoms with E-state index >= 15 is 0 Å². The first-order valence-electron chi connectivity index (χ1n) is 8.13. The van der Waals surface area contributed by atoms with Gasteiger partial charge >= 0.3 is 0 Å². The van der Waals surface area contributed by atoms with Gasteiger partial charge in [-0.2, -0.15) is 0 Å². The average Bonchev–Trinajstić information content (AvgIpc) is 2.50. The summed E-state index contributed by atoms with van der Waals surface area (Å²) < 4.78 is 11.0. The molecule has 0 bridgehead atoms. The van der Waals surface area contributed by atoms with E-state index in [2.05, 4.69) is 0 Å². The number of benzene rings is 2. The second-order valence-electron chi connectivity index (χ2n) is 6.09. The number of ether oxygens (including phenoxy) is 2. The van der Waals surface area contributed by atoms with E-state index in [4.69, 9.17) is 9.47 Å². The molecule has 0 saturated heterocycles. The molecule has 0 radical (unpaired) electrons. The molecule has 2 aromatic rings. The normalized spacial score (nSPS) is 11.6. The van der Waals surface area contributed by atoms with Gasteiger partial charge < -0.3 is 14.6 Å². The maximum atomic E-state index is 10.7. The van der Waals surface area contributed by atoms with E-state index in [1.165, 1.54) is 0 Å². The lowest BCUT2D eigenvalue weighted by molar-refractivity contribution is 0.0627. The molecule has 0 aliphatic heterocycles. The monoisotopic (exact) mass is 314 g/mol. The van der Waals surface area contributed by atoms with Crippen molar-refractivity contribution in [3.05, 3.63) is 59.7 Å². The van der Waals surface area contributed by atoms with Crippen molar-refractivity contribution in [1.82, 2.24) is 0 Å². The van der Waals surface area contributed by atoms with E-state index in [9.17, 15) is 5.11 Å². The average molecular weight is 314 g/mol. The Morgan fingerprint density at radius 2 is 1.13 bits per heavy atom. The third-order valence-electron chi connectivity index (χ3n) is 3.76. The maximum absolute atomic E-state index is 10.7. The van der Waals surface area contributed by atoms with Crippen molar-refractivity contribution in [2.75, 3.05) is 13.2 Å². The highest BCUT2D eigenvalue weighted by Gasteiger charge is 2.30.